The number of benzene rings is 1. The van der Waals surface area contributed by atoms with Crippen molar-refractivity contribution in [1.29, 1.82) is 5.26 Å². The Morgan fingerprint density at radius 3 is 2.40 bits per heavy atom. The number of thiazole rings is 1. The van der Waals surface area contributed by atoms with E-state index in [0.717, 1.165) is 27.0 Å². The van der Waals surface area contributed by atoms with Gasteiger partial charge in [-0.25, -0.2) is 4.98 Å². The lowest BCUT2D eigenvalue weighted by Gasteiger charge is -2.23. The first-order valence-electron chi connectivity index (χ1n) is 8.56. The fraction of sp³-hybridized carbons (Fsp3) is 0.250. The van der Waals surface area contributed by atoms with Crippen LogP contribution in [-0.2, 0) is 12.5 Å². The first-order chi connectivity index (χ1) is 14.0. The number of hydrogen-bond donors (Lipinski definition) is 0. The van der Waals surface area contributed by atoms with Gasteiger partial charge in [-0.15, -0.1) is 11.3 Å². The van der Waals surface area contributed by atoms with E-state index in [1.165, 1.54) is 17.6 Å². The number of rotatable bonds is 4. The van der Waals surface area contributed by atoms with Crippen molar-refractivity contribution in [2.24, 2.45) is 0 Å². The Morgan fingerprint density at radius 1 is 1.17 bits per heavy atom. The van der Waals surface area contributed by atoms with Gasteiger partial charge < -0.3 is 4.57 Å². The molecule has 0 fully saturated rings. The molecule has 0 saturated carbocycles. The zero-order chi connectivity index (χ0) is 22.3. The summed E-state index contributed by atoms with van der Waals surface area (Å²) in [6, 6.07) is 7.13. The Hall–Kier alpha value is -3.06. The summed E-state index contributed by atoms with van der Waals surface area (Å²) in [5.74, 6) is -5.37. The van der Waals surface area contributed by atoms with Crippen molar-refractivity contribution in [2.75, 3.05) is 0 Å². The Bertz CT molecular complexity index is 1190. The second kappa shape index (κ2) is 7.65. The van der Waals surface area contributed by atoms with E-state index in [1.807, 2.05) is 13.0 Å². The Labute approximate surface area is 171 Å². The fourth-order valence-corrected chi connectivity index (χ4v) is 3.69. The lowest BCUT2D eigenvalue weighted by molar-refractivity contribution is -0.289. The van der Waals surface area contributed by atoms with E-state index in [4.69, 9.17) is 0 Å². The van der Waals surface area contributed by atoms with Crippen LogP contribution >= 0.6 is 11.3 Å². The number of aromatic nitrogens is 2. The van der Waals surface area contributed by atoms with Gasteiger partial charge in [0, 0.05) is 11.6 Å². The molecule has 4 nitrogen and oxygen atoms in total. The second-order valence-electron chi connectivity index (χ2n) is 6.66. The van der Waals surface area contributed by atoms with Gasteiger partial charge in [0.1, 0.15) is 16.6 Å². The molecule has 2 aromatic heterocycles. The maximum Gasteiger partial charge on any atom is 0.458 e. The molecule has 2 heterocycles. The minimum absolute atomic E-state index is 0.0839. The lowest BCUT2D eigenvalue weighted by Crippen LogP contribution is -2.38. The smallest absolute Gasteiger partial charge is 0.300 e. The fourth-order valence-electron chi connectivity index (χ4n) is 3.03. The van der Waals surface area contributed by atoms with Gasteiger partial charge in [0.25, 0.3) is 5.56 Å². The summed E-state index contributed by atoms with van der Waals surface area (Å²) in [6.45, 7) is 3.53. The predicted molar refractivity (Wildman–Crippen MR) is 101 cm³/mol. The van der Waals surface area contributed by atoms with E-state index in [0.29, 0.717) is 11.6 Å². The second-order valence-corrected chi connectivity index (χ2v) is 7.56. The molecule has 0 atom stereocenters. The van der Waals surface area contributed by atoms with Crippen molar-refractivity contribution < 1.29 is 22.0 Å². The van der Waals surface area contributed by atoms with E-state index < -0.39 is 28.8 Å². The monoisotopic (exact) mass is 439 g/mol. The molecule has 0 radical (unpaired) electrons. The van der Waals surface area contributed by atoms with Crippen LogP contribution in [0.3, 0.4) is 0 Å². The average Bonchev–Trinajstić information content (AvgIpc) is 3.18. The third kappa shape index (κ3) is 3.73. The highest BCUT2D eigenvalue weighted by molar-refractivity contribution is 7.13. The maximum absolute atomic E-state index is 14.1. The number of hydrogen-bond acceptors (Lipinski definition) is 4. The van der Waals surface area contributed by atoms with Crippen LogP contribution in [0, 0.1) is 25.2 Å². The third-order valence-electron chi connectivity index (χ3n) is 4.58. The molecular weight excluding hydrogens is 425 g/mol. The van der Waals surface area contributed by atoms with Crippen molar-refractivity contribution in [3.05, 3.63) is 74.0 Å². The number of aryl methyl sites for hydroxylation is 2. The molecule has 156 valence electrons. The van der Waals surface area contributed by atoms with Crippen LogP contribution in [0.25, 0.3) is 10.7 Å². The number of nitriles is 1. The molecule has 10 heteroatoms. The van der Waals surface area contributed by atoms with E-state index in [1.54, 1.807) is 19.1 Å². The highest BCUT2D eigenvalue weighted by Crippen LogP contribution is 2.45. The first kappa shape index (κ1) is 21.6. The predicted octanol–water partition coefficient (Wildman–Crippen LogP) is 5.16. The Kier molecular flexibility index (Phi) is 5.52. The van der Waals surface area contributed by atoms with Crippen LogP contribution < -0.4 is 5.56 Å². The summed E-state index contributed by atoms with van der Waals surface area (Å²) in [7, 11) is 0. The van der Waals surface area contributed by atoms with Crippen LogP contribution in [-0.4, -0.2) is 15.7 Å². The van der Waals surface area contributed by atoms with Gasteiger partial charge in [-0.2, -0.15) is 27.2 Å². The van der Waals surface area contributed by atoms with E-state index >= 15 is 0 Å². The molecule has 0 unspecified atom stereocenters. The van der Waals surface area contributed by atoms with Crippen molar-refractivity contribution in [1.82, 2.24) is 9.55 Å². The quantitative estimate of drug-likeness (QED) is 0.528. The van der Waals surface area contributed by atoms with Gasteiger partial charge in [0.2, 0.25) is 0 Å². The highest BCUT2D eigenvalue weighted by atomic mass is 32.1. The Balaban J connectivity index is 2.32. The third-order valence-corrected chi connectivity index (χ3v) is 5.38. The number of halogens is 5. The summed E-state index contributed by atoms with van der Waals surface area (Å²) in [6.07, 6.45) is -4.63. The molecule has 0 amide bonds. The zero-order valence-corrected chi connectivity index (χ0v) is 16.5. The molecule has 3 aromatic rings. The van der Waals surface area contributed by atoms with Crippen LogP contribution in [0.4, 0.5) is 22.0 Å². The minimum atomic E-state index is -5.97. The van der Waals surface area contributed by atoms with Crippen LogP contribution in [0.5, 0.6) is 0 Å². The molecule has 0 aliphatic carbocycles. The van der Waals surface area contributed by atoms with E-state index in [2.05, 4.69) is 4.98 Å². The molecule has 0 spiro atoms. The standard InChI is InChI=1S/C20H14F5N3OS/c1-11-3-4-13(12(2)7-11)10-28-16(17-27-5-6-30-17)8-15(14(9-26)18(28)29)19(21,22)20(23,24)25/h3-8H,10H2,1-2H3. The summed E-state index contributed by atoms with van der Waals surface area (Å²) in [5.41, 5.74) is -1.96. The number of pyridine rings is 1. The average molecular weight is 439 g/mol. The van der Waals surface area contributed by atoms with Gasteiger partial charge in [-0.05, 0) is 31.0 Å². The van der Waals surface area contributed by atoms with Crippen molar-refractivity contribution in [3.8, 4) is 16.8 Å². The van der Waals surface area contributed by atoms with Crippen molar-refractivity contribution in [2.45, 2.75) is 32.5 Å². The van der Waals surface area contributed by atoms with Crippen molar-refractivity contribution in [3.63, 3.8) is 0 Å². The van der Waals surface area contributed by atoms with Gasteiger partial charge >= 0.3 is 12.1 Å². The topological polar surface area (TPSA) is 58.7 Å². The lowest BCUT2D eigenvalue weighted by atomic mass is 10.0. The summed E-state index contributed by atoms with van der Waals surface area (Å²) in [4.78, 5) is 16.9. The van der Waals surface area contributed by atoms with Gasteiger partial charge in [0.05, 0.1) is 17.8 Å². The summed E-state index contributed by atoms with van der Waals surface area (Å²) >= 11 is 0.976. The normalized spacial score (nSPS) is 12.1. The molecule has 0 N–H and O–H groups in total. The molecule has 1 aromatic carbocycles. The maximum atomic E-state index is 14.1. The largest absolute Gasteiger partial charge is 0.458 e. The molecule has 0 aliphatic heterocycles. The van der Waals surface area contributed by atoms with Crippen molar-refractivity contribution >= 4 is 11.3 Å². The zero-order valence-electron chi connectivity index (χ0n) is 15.7. The van der Waals surface area contributed by atoms with E-state index in [9.17, 15) is 32.0 Å². The molecule has 3 rings (SSSR count). The Morgan fingerprint density at radius 2 is 1.87 bits per heavy atom. The molecule has 0 bridgehead atoms. The SMILES string of the molecule is Cc1ccc(Cn2c(-c3nccs3)cc(C(F)(F)C(F)(F)F)c(C#N)c2=O)c(C)c1. The molecule has 30 heavy (non-hydrogen) atoms. The minimum Gasteiger partial charge on any atom is -0.300 e. The summed E-state index contributed by atoms with van der Waals surface area (Å²) in [5, 5.41) is 10.8. The van der Waals surface area contributed by atoms with Crippen LogP contribution in [0.15, 0.2) is 40.6 Å². The van der Waals surface area contributed by atoms with E-state index in [-0.39, 0.29) is 17.2 Å². The molecule has 0 saturated heterocycles. The summed E-state index contributed by atoms with van der Waals surface area (Å²) < 4.78 is 68.3. The van der Waals surface area contributed by atoms with Gasteiger partial charge in [0.15, 0.2) is 0 Å². The number of alkyl halides is 5. The molecular formula is C20H14F5N3OS. The van der Waals surface area contributed by atoms with Gasteiger partial charge in [-0.3, -0.25) is 4.79 Å². The van der Waals surface area contributed by atoms with Gasteiger partial charge in [-0.1, -0.05) is 23.8 Å². The first-order valence-corrected chi connectivity index (χ1v) is 9.44. The molecule has 0 aliphatic rings. The number of nitrogens with zero attached hydrogens (tertiary/aromatic N) is 3. The van der Waals surface area contributed by atoms with Crippen LogP contribution in [0.1, 0.15) is 27.8 Å². The highest BCUT2D eigenvalue weighted by Gasteiger charge is 2.60. The van der Waals surface area contributed by atoms with Crippen LogP contribution in [0.2, 0.25) is 0 Å².